The van der Waals surface area contributed by atoms with Gasteiger partial charge in [-0.1, -0.05) is 18.2 Å². The molecule has 0 heterocycles. The van der Waals surface area contributed by atoms with Crippen LogP contribution in [-0.4, -0.2) is 0 Å². The number of fused-ring (bicyclic) bond motifs is 1. The zero-order valence-corrected chi connectivity index (χ0v) is 11.8. The van der Waals surface area contributed by atoms with Crippen LogP contribution in [0.1, 0.15) is 35.1 Å². The van der Waals surface area contributed by atoms with Crippen molar-refractivity contribution >= 4 is 5.69 Å². The highest BCUT2D eigenvalue weighted by atomic mass is 19.1. The fourth-order valence-electron chi connectivity index (χ4n) is 2.90. The summed E-state index contributed by atoms with van der Waals surface area (Å²) in [5, 5.41) is 12.1. The summed E-state index contributed by atoms with van der Waals surface area (Å²) in [6.45, 7) is 0.438. The molecule has 106 valence electrons. The Bertz CT molecular complexity index is 701. The number of anilines is 1. The van der Waals surface area contributed by atoms with E-state index in [1.54, 1.807) is 12.1 Å². The Kier molecular flexibility index (Phi) is 3.87. The van der Waals surface area contributed by atoms with Gasteiger partial charge in [0, 0.05) is 17.8 Å². The second kappa shape index (κ2) is 5.97. The van der Waals surface area contributed by atoms with Gasteiger partial charge in [0.2, 0.25) is 0 Å². The van der Waals surface area contributed by atoms with Gasteiger partial charge in [0.1, 0.15) is 5.82 Å². The number of hydrogen-bond donors (Lipinski definition) is 1. The van der Waals surface area contributed by atoms with Gasteiger partial charge in [-0.3, -0.25) is 0 Å². The minimum atomic E-state index is -0.327. The first-order chi connectivity index (χ1) is 10.3. The molecular formula is C18H17FN2. The van der Waals surface area contributed by atoms with Crippen LogP contribution in [0.3, 0.4) is 0 Å². The van der Waals surface area contributed by atoms with Crippen molar-refractivity contribution in [1.29, 1.82) is 5.26 Å². The highest BCUT2D eigenvalue weighted by Gasteiger charge is 2.13. The summed E-state index contributed by atoms with van der Waals surface area (Å²) in [7, 11) is 0. The predicted molar refractivity (Wildman–Crippen MR) is 81.5 cm³/mol. The van der Waals surface area contributed by atoms with E-state index >= 15 is 0 Å². The average molecular weight is 280 g/mol. The van der Waals surface area contributed by atoms with Gasteiger partial charge in [0.25, 0.3) is 0 Å². The monoisotopic (exact) mass is 280 g/mol. The third-order valence-corrected chi connectivity index (χ3v) is 4.05. The van der Waals surface area contributed by atoms with Crippen LogP contribution >= 0.6 is 0 Å². The third-order valence-electron chi connectivity index (χ3n) is 4.05. The molecule has 0 radical (unpaired) electrons. The van der Waals surface area contributed by atoms with Gasteiger partial charge in [-0.2, -0.15) is 5.26 Å². The van der Waals surface area contributed by atoms with Crippen molar-refractivity contribution in [3.8, 4) is 6.07 Å². The second-order valence-corrected chi connectivity index (χ2v) is 5.42. The molecule has 1 aliphatic rings. The van der Waals surface area contributed by atoms with Crippen molar-refractivity contribution in [2.75, 3.05) is 5.32 Å². The normalized spacial score (nSPS) is 13.3. The van der Waals surface area contributed by atoms with Crippen LogP contribution < -0.4 is 5.32 Å². The molecule has 0 unspecified atom stereocenters. The Morgan fingerprint density at radius 3 is 2.81 bits per heavy atom. The molecule has 0 spiro atoms. The van der Waals surface area contributed by atoms with Gasteiger partial charge in [-0.15, -0.1) is 0 Å². The molecule has 2 aromatic carbocycles. The van der Waals surface area contributed by atoms with E-state index in [9.17, 15) is 4.39 Å². The molecule has 1 N–H and O–H groups in total. The lowest BCUT2D eigenvalue weighted by molar-refractivity contribution is 0.612. The molecule has 0 fully saturated rings. The van der Waals surface area contributed by atoms with Gasteiger partial charge in [-0.05, 0) is 55.0 Å². The topological polar surface area (TPSA) is 35.8 Å². The van der Waals surface area contributed by atoms with Crippen LogP contribution in [-0.2, 0) is 19.4 Å². The minimum absolute atomic E-state index is 0.327. The zero-order valence-electron chi connectivity index (χ0n) is 11.8. The number of hydrogen-bond acceptors (Lipinski definition) is 2. The Morgan fingerprint density at radius 2 is 2.00 bits per heavy atom. The Morgan fingerprint density at radius 1 is 1.14 bits per heavy atom. The Hall–Kier alpha value is -2.34. The number of nitrogens with one attached hydrogen (secondary N) is 1. The van der Waals surface area contributed by atoms with Gasteiger partial charge in [0.05, 0.1) is 11.6 Å². The molecule has 0 atom stereocenters. The van der Waals surface area contributed by atoms with E-state index in [0.717, 1.165) is 18.5 Å². The maximum absolute atomic E-state index is 13.9. The lowest BCUT2D eigenvalue weighted by Gasteiger charge is -2.20. The van der Waals surface area contributed by atoms with Crippen LogP contribution in [0.5, 0.6) is 0 Å². The first-order valence-corrected chi connectivity index (χ1v) is 7.31. The van der Waals surface area contributed by atoms with Gasteiger partial charge in [-0.25, -0.2) is 4.39 Å². The highest BCUT2D eigenvalue weighted by molar-refractivity contribution is 5.56. The Labute approximate surface area is 124 Å². The molecular weight excluding hydrogens is 263 g/mol. The van der Waals surface area contributed by atoms with E-state index in [-0.39, 0.29) is 5.82 Å². The number of nitrogens with zero attached hydrogens (tertiary/aromatic N) is 1. The standard InChI is InChI=1S/C18H17FN2/c19-17-10-13(11-20)8-9-15(17)12-21-18-7-3-5-14-4-1-2-6-16(14)18/h3,5,7-10,21H,1-2,4,6,12H2. The van der Waals surface area contributed by atoms with E-state index in [1.165, 1.54) is 30.0 Å². The predicted octanol–water partition coefficient (Wildman–Crippen LogP) is 4.19. The molecule has 3 heteroatoms. The van der Waals surface area contributed by atoms with E-state index in [4.69, 9.17) is 5.26 Å². The number of benzene rings is 2. The third kappa shape index (κ3) is 2.90. The largest absolute Gasteiger partial charge is 0.381 e. The van der Waals surface area contributed by atoms with E-state index in [2.05, 4.69) is 23.5 Å². The smallest absolute Gasteiger partial charge is 0.129 e. The summed E-state index contributed by atoms with van der Waals surface area (Å²) >= 11 is 0. The number of rotatable bonds is 3. The van der Waals surface area contributed by atoms with Crippen molar-refractivity contribution in [3.63, 3.8) is 0 Å². The lowest BCUT2D eigenvalue weighted by atomic mass is 9.90. The molecule has 0 aliphatic heterocycles. The number of halogens is 1. The van der Waals surface area contributed by atoms with Crippen LogP contribution in [0.15, 0.2) is 36.4 Å². The SMILES string of the molecule is N#Cc1ccc(CNc2cccc3c2CCCC3)c(F)c1. The number of aryl methyl sites for hydroxylation is 1. The molecule has 0 aromatic heterocycles. The van der Waals surface area contributed by atoms with Crippen LogP contribution in [0.2, 0.25) is 0 Å². The van der Waals surface area contributed by atoms with Crippen molar-refractivity contribution in [1.82, 2.24) is 0 Å². The fourth-order valence-corrected chi connectivity index (χ4v) is 2.90. The van der Waals surface area contributed by atoms with E-state index < -0.39 is 0 Å². The lowest BCUT2D eigenvalue weighted by Crippen LogP contribution is -2.09. The van der Waals surface area contributed by atoms with Gasteiger partial charge >= 0.3 is 0 Å². The summed E-state index contributed by atoms with van der Waals surface area (Å²) < 4.78 is 13.9. The van der Waals surface area contributed by atoms with Crippen LogP contribution in [0.25, 0.3) is 0 Å². The maximum Gasteiger partial charge on any atom is 0.129 e. The quantitative estimate of drug-likeness (QED) is 0.915. The first-order valence-electron chi connectivity index (χ1n) is 7.31. The molecule has 3 rings (SSSR count). The molecule has 0 saturated carbocycles. The molecule has 0 saturated heterocycles. The van der Waals surface area contributed by atoms with Crippen molar-refractivity contribution in [2.45, 2.75) is 32.2 Å². The second-order valence-electron chi connectivity index (χ2n) is 5.42. The molecule has 0 amide bonds. The van der Waals surface area contributed by atoms with Crippen LogP contribution in [0.4, 0.5) is 10.1 Å². The van der Waals surface area contributed by atoms with Crippen molar-refractivity contribution < 1.29 is 4.39 Å². The van der Waals surface area contributed by atoms with Crippen molar-refractivity contribution in [2.24, 2.45) is 0 Å². The molecule has 0 bridgehead atoms. The molecule has 2 nitrogen and oxygen atoms in total. The summed E-state index contributed by atoms with van der Waals surface area (Å²) in [6.07, 6.45) is 4.70. The Balaban J connectivity index is 1.78. The molecule has 2 aromatic rings. The molecule has 21 heavy (non-hydrogen) atoms. The van der Waals surface area contributed by atoms with Gasteiger partial charge in [0.15, 0.2) is 0 Å². The van der Waals surface area contributed by atoms with E-state index in [1.807, 2.05) is 6.07 Å². The van der Waals surface area contributed by atoms with Gasteiger partial charge < -0.3 is 5.32 Å². The summed E-state index contributed by atoms with van der Waals surface area (Å²) in [5.74, 6) is -0.327. The maximum atomic E-state index is 13.9. The average Bonchev–Trinajstić information content (AvgIpc) is 2.53. The summed E-state index contributed by atoms with van der Waals surface area (Å²) in [6, 6.07) is 12.9. The summed E-state index contributed by atoms with van der Waals surface area (Å²) in [5.41, 5.74) is 4.83. The minimum Gasteiger partial charge on any atom is -0.381 e. The first kappa shape index (κ1) is 13.6. The zero-order chi connectivity index (χ0) is 14.7. The van der Waals surface area contributed by atoms with Crippen LogP contribution in [0, 0.1) is 17.1 Å². The molecule has 1 aliphatic carbocycles. The van der Waals surface area contributed by atoms with Crippen molar-refractivity contribution in [3.05, 3.63) is 64.5 Å². The van der Waals surface area contributed by atoms with E-state index in [0.29, 0.717) is 17.7 Å². The summed E-state index contributed by atoms with van der Waals surface area (Å²) in [4.78, 5) is 0. The number of nitriles is 1. The highest BCUT2D eigenvalue weighted by Crippen LogP contribution is 2.28. The fraction of sp³-hybridized carbons (Fsp3) is 0.278.